The number of halogens is 2. The SMILES string of the molecule is CN(C)S(=O)(=O)c1cccc(NC(=O)c2cnc(Cl)c(Cl)c2)c1. The molecule has 0 radical (unpaired) electrons. The minimum absolute atomic E-state index is 0.0764. The minimum Gasteiger partial charge on any atom is -0.322 e. The highest BCUT2D eigenvalue weighted by Crippen LogP contribution is 2.21. The normalized spacial score (nSPS) is 11.5. The van der Waals surface area contributed by atoms with Crippen LogP contribution in [0, 0.1) is 0 Å². The molecule has 1 aromatic carbocycles. The van der Waals surface area contributed by atoms with Gasteiger partial charge in [-0.25, -0.2) is 17.7 Å². The summed E-state index contributed by atoms with van der Waals surface area (Å²) in [6.07, 6.45) is 1.28. The van der Waals surface area contributed by atoms with Crippen molar-refractivity contribution in [2.45, 2.75) is 4.90 Å². The lowest BCUT2D eigenvalue weighted by atomic mass is 10.2. The van der Waals surface area contributed by atoms with Crippen LogP contribution in [0.5, 0.6) is 0 Å². The second kappa shape index (κ2) is 6.84. The van der Waals surface area contributed by atoms with Crippen LogP contribution in [0.25, 0.3) is 0 Å². The predicted octanol–water partition coefficient (Wildman–Crippen LogP) is 2.89. The number of nitrogens with one attached hydrogen (secondary N) is 1. The molecule has 2 aromatic rings. The van der Waals surface area contributed by atoms with Crippen LogP contribution in [0.4, 0.5) is 5.69 Å². The lowest BCUT2D eigenvalue weighted by Crippen LogP contribution is -2.22. The molecule has 1 aromatic heterocycles. The van der Waals surface area contributed by atoms with E-state index in [1.165, 1.54) is 38.5 Å². The van der Waals surface area contributed by atoms with Gasteiger partial charge >= 0.3 is 0 Å². The van der Waals surface area contributed by atoms with Crippen LogP contribution in [0.1, 0.15) is 10.4 Å². The van der Waals surface area contributed by atoms with E-state index in [4.69, 9.17) is 23.2 Å². The fourth-order valence-electron chi connectivity index (χ4n) is 1.69. The minimum atomic E-state index is -3.58. The summed E-state index contributed by atoms with van der Waals surface area (Å²) < 4.78 is 25.3. The number of rotatable bonds is 4. The van der Waals surface area contributed by atoms with E-state index in [0.29, 0.717) is 5.69 Å². The van der Waals surface area contributed by atoms with Gasteiger partial charge in [0.2, 0.25) is 10.0 Å². The lowest BCUT2D eigenvalue weighted by molar-refractivity contribution is 0.102. The third-order valence-corrected chi connectivity index (χ3v) is 5.43. The summed E-state index contributed by atoms with van der Waals surface area (Å²) in [7, 11) is -0.716. The Bertz CT molecular complexity index is 854. The molecule has 0 unspecified atom stereocenters. The van der Waals surface area contributed by atoms with Crippen LogP contribution in [-0.2, 0) is 10.0 Å². The molecular formula is C14H13Cl2N3O3S. The molecule has 6 nitrogen and oxygen atoms in total. The molecule has 2 rings (SSSR count). The number of aromatic nitrogens is 1. The second-order valence-corrected chi connectivity index (χ2v) is 7.68. The van der Waals surface area contributed by atoms with Gasteiger partial charge in [-0.2, -0.15) is 0 Å². The summed E-state index contributed by atoms with van der Waals surface area (Å²) in [5, 5.41) is 2.85. The monoisotopic (exact) mass is 373 g/mol. The van der Waals surface area contributed by atoms with Gasteiger partial charge in [0.1, 0.15) is 5.15 Å². The molecule has 0 saturated carbocycles. The van der Waals surface area contributed by atoms with Gasteiger partial charge < -0.3 is 5.32 Å². The summed E-state index contributed by atoms with van der Waals surface area (Å²) in [5.41, 5.74) is 0.546. The van der Waals surface area contributed by atoms with Gasteiger partial charge in [0.15, 0.2) is 0 Å². The highest BCUT2D eigenvalue weighted by Gasteiger charge is 2.18. The van der Waals surface area contributed by atoms with E-state index < -0.39 is 15.9 Å². The molecule has 0 fully saturated rings. The van der Waals surface area contributed by atoms with Crippen LogP contribution < -0.4 is 5.32 Å². The van der Waals surface area contributed by atoms with E-state index in [1.807, 2.05) is 0 Å². The third kappa shape index (κ3) is 4.00. The first-order chi connectivity index (χ1) is 10.7. The Kier molecular flexibility index (Phi) is 5.26. The zero-order chi connectivity index (χ0) is 17.2. The molecule has 0 spiro atoms. The van der Waals surface area contributed by atoms with Crippen molar-refractivity contribution in [3.63, 3.8) is 0 Å². The van der Waals surface area contributed by atoms with Gasteiger partial charge in [0, 0.05) is 26.0 Å². The van der Waals surface area contributed by atoms with Crippen molar-refractivity contribution in [2.75, 3.05) is 19.4 Å². The summed E-state index contributed by atoms with van der Waals surface area (Å²) in [4.78, 5) is 16.0. The van der Waals surface area contributed by atoms with Gasteiger partial charge in [0.25, 0.3) is 5.91 Å². The number of carbonyl (C=O) groups is 1. The molecule has 0 aliphatic carbocycles. The number of hydrogen-bond donors (Lipinski definition) is 1. The molecule has 0 aliphatic rings. The van der Waals surface area contributed by atoms with Crippen LogP contribution in [0.15, 0.2) is 41.4 Å². The van der Waals surface area contributed by atoms with Gasteiger partial charge in [-0.1, -0.05) is 29.3 Å². The largest absolute Gasteiger partial charge is 0.322 e. The average molecular weight is 374 g/mol. The van der Waals surface area contributed by atoms with Gasteiger partial charge in [-0.05, 0) is 24.3 Å². The second-order valence-electron chi connectivity index (χ2n) is 4.77. The summed E-state index contributed by atoms with van der Waals surface area (Å²) >= 11 is 11.5. The van der Waals surface area contributed by atoms with Crippen molar-refractivity contribution in [1.82, 2.24) is 9.29 Å². The Morgan fingerprint density at radius 1 is 1.22 bits per heavy atom. The fraction of sp³-hybridized carbons (Fsp3) is 0.143. The fourth-order valence-corrected chi connectivity index (χ4v) is 2.91. The Balaban J connectivity index is 2.27. The van der Waals surface area contributed by atoms with E-state index >= 15 is 0 Å². The Labute approximate surface area is 144 Å². The van der Waals surface area contributed by atoms with Crippen molar-refractivity contribution in [1.29, 1.82) is 0 Å². The van der Waals surface area contributed by atoms with Crippen molar-refractivity contribution in [3.05, 3.63) is 52.3 Å². The summed E-state index contributed by atoms with van der Waals surface area (Å²) in [5.74, 6) is -0.476. The first-order valence-corrected chi connectivity index (χ1v) is 8.56. The first-order valence-electron chi connectivity index (χ1n) is 6.37. The molecule has 122 valence electrons. The summed E-state index contributed by atoms with van der Waals surface area (Å²) in [6, 6.07) is 7.33. The zero-order valence-corrected chi connectivity index (χ0v) is 14.6. The molecule has 0 bridgehead atoms. The number of carbonyl (C=O) groups excluding carboxylic acids is 1. The number of sulfonamides is 1. The molecule has 1 heterocycles. The number of hydrogen-bond acceptors (Lipinski definition) is 4. The molecule has 23 heavy (non-hydrogen) atoms. The average Bonchev–Trinajstić information content (AvgIpc) is 2.50. The van der Waals surface area contributed by atoms with Gasteiger partial charge in [-0.15, -0.1) is 0 Å². The number of benzene rings is 1. The molecular weight excluding hydrogens is 361 g/mol. The molecule has 0 saturated heterocycles. The van der Waals surface area contributed by atoms with Gasteiger partial charge in [0.05, 0.1) is 15.5 Å². The third-order valence-electron chi connectivity index (χ3n) is 2.93. The Morgan fingerprint density at radius 2 is 1.91 bits per heavy atom. The predicted molar refractivity (Wildman–Crippen MR) is 89.5 cm³/mol. The molecule has 0 atom stereocenters. The standard InChI is InChI=1S/C14H13Cl2N3O3S/c1-19(2)23(21,22)11-5-3-4-10(7-11)18-14(20)9-6-12(15)13(16)17-8-9/h3-8H,1-2H3,(H,18,20). The maximum absolute atomic E-state index is 12.2. The van der Waals surface area contributed by atoms with E-state index in [2.05, 4.69) is 10.3 Å². The smallest absolute Gasteiger partial charge is 0.257 e. The van der Waals surface area contributed by atoms with Crippen LogP contribution >= 0.6 is 23.2 Å². The Hall–Kier alpha value is -1.67. The van der Waals surface area contributed by atoms with Gasteiger partial charge in [-0.3, -0.25) is 4.79 Å². The molecule has 9 heteroatoms. The molecule has 1 amide bonds. The Morgan fingerprint density at radius 3 is 2.52 bits per heavy atom. The quantitative estimate of drug-likeness (QED) is 0.835. The summed E-state index contributed by atoms with van der Waals surface area (Å²) in [6.45, 7) is 0. The maximum atomic E-state index is 12.2. The highest BCUT2D eigenvalue weighted by molar-refractivity contribution is 7.89. The topological polar surface area (TPSA) is 79.4 Å². The zero-order valence-electron chi connectivity index (χ0n) is 12.2. The van der Waals surface area contributed by atoms with Crippen LogP contribution in [-0.4, -0.2) is 37.7 Å². The number of pyridine rings is 1. The van der Waals surface area contributed by atoms with Crippen molar-refractivity contribution in [3.8, 4) is 0 Å². The highest BCUT2D eigenvalue weighted by atomic mass is 35.5. The number of amides is 1. The van der Waals surface area contributed by atoms with E-state index in [1.54, 1.807) is 12.1 Å². The maximum Gasteiger partial charge on any atom is 0.257 e. The van der Waals surface area contributed by atoms with E-state index in [-0.39, 0.29) is 20.6 Å². The first kappa shape index (κ1) is 17.7. The van der Waals surface area contributed by atoms with E-state index in [0.717, 1.165) is 4.31 Å². The number of nitrogens with zero attached hydrogens (tertiary/aromatic N) is 2. The van der Waals surface area contributed by atoms with Crippen molar-refractivity contribution >= 4 is 44.8 Å². The molecule has 1 N–H and O–H groups in total. The molecule has 0 aliphatic heterocycles. The van der Waals surface area contributed by atoms with Crippen LogP contribution in [0.3, 0.4) is 0 Å². The van der Waals surface area contributed by atoms with Crippen LogP contribution in [0.2, 0.25) is 10.2 Å². The van der Waals surface area contributed by atoms with Crippen molar-refractivity contribution < 1.29 is 13.2 Å². The van der Waals surface area contributed by atoms with E-state index in [9.17, 15) is 13.2 Å². The van der Waals surface area contributed by atoms with Crippen molar-refractivity contribution in [2.24, 2.45) is 0 Å². The number of anilines is 1. The lowest BCUT2D eigenvalue weighted by Gasteiger charge is -2.12.